The van der Waals surface area contributed by atoms with Crippen molar-refractivity contribution in [2.45, 2.75) is 19.4 Å². The monoisotopic (exact) mass is 280 g/mol. The van der Waals surface area contributed by atoms with E-state index in [0.717, 1.165) is 12.1 Å². The molecule has 2 atom stereocenters. The van der Waals surface area contributed by atoms with Gasteiger partial charge in [-0.3, -0.25) is 4.79 Å². The molecule has 2 unspecified atom stereocenters. The first-order valence-electron chi connectivity index (χ1n) is 4.78. The van der Waals surface area contributed by atoms with Crippen molar-refractivity contribution in [2.24, 2.45) is 5.92 Å². The van der Waals surface area contributed by atoms with Gasteiger partial charge >= 0.3 is 5.97 Å². The molecule has 0 saturated carbocycles. The van der Waals surface area contributed by atoms with Crippen LogP contribution < -0.4 is 0 Å². The molecule has 0 fully saturated rings. The maximum Gasteiger partial charge on any atom is 0.309 e. The van der Waals surface area contributed by atoms with E-state index in [1.165, 1.54) is 13.8 Å². The number of aliphatic carboxylic acids is 1. The number of carbonyl (C=O) groups is 1. The zero-order valence-corrected chi connectivity index (χ0v) is 10.7. The van der Waals surface area contributed by atoms with Gasteiger partial charge in [-0.1, -0.05) is 23.2 Å². The van der Waals surface area contributed by atoms with Crippen LogP contribution in [0.15, 0.2) is 12.1 Å². The fourth-order valence-electron chi connectivity index (χ4n) is 1.38. The topological polar surface area (TPSA) is 57.5 Å². The highest BCUT2D eigenvalue weighted by molar-refractivity contribution is 6.35. The molecule has 0 heterocycles. The van der Waals surface area contributed by atoms with E-state index in [0.29, 0.717) is 0 Å². The highest BCUT2D eigenvalue weighted by Crippen LogP contribution is 2.36. The molecule has 0 bridgehead atoms. The predicted molar refractivity (Wildman–Crippen MR) is 62.8 cm³/mol. The Morgan fingerprint density at radius 1 is 1.41 bits per heavy atom. The van der Waals surface area contributed by atoms with Crippen molar-refractivity contribution < 1.29 is 19.4 Å². The van der Waals surface area contributed by atoms with Gasteiger partial charge in [-0.2, -0.15) is 0 Å². The van der Waals surface area contributed by atoms with Crippen LogP contribution in [0.25, 0.3) is 0 Å². The lowest BCUT2D eigenvalue weighted by Crippen LogP contribution is -2.35. The first kappa shape index (κ1) is 14.2. The van der Waals surface area contributed by atoms with Gasteiger partial charge in [-0.25, -0.2) is 4.39 Å². The molecule has 0 aliphatic heterocycles. The molecule has 0 radical (unpaired) electrons. The molecule has 17 heavy (non-hydrogen) atoms. The van der Waals surface area contributed by atoms with E-state index >= 15 is 0 Å². The van der Waals surface area contributed by atoms with Crippen molar-refractivity contribution in [1.82, 2.24) is 0 Å². The summed E-state index contributed by atoms with van der Waals surface area (Å²) in [6.07, 6.45) is 0. The van der Waals surface area contributed by atoms with Crippen LogP contribution in [0.5, 0.6) is 0 Å². The molecular weight excluding hydrogens is 270 g/mol. The van der Waals surface area contributed by atoms with Gasteiger partial charge in [-0.05, 0) is 26.0 Å². The van der Waals surface area contributed by atoms with Crippen LogP contribution in [0.4, 0.5) is 4.39 Å². The first-order valence-corrected chi connectivity index (χ1v) is 5.53. The molecule has 0 saturated heterocycles. The normalized spacial score (nSPS) is 16.4. The van der Waals surface area contributed by atoms with Gasteiger partial charge < -0.3 is 10.2 Å². The quantitative estimate of drug-likeness (QED) is 0.837. The minimum Gasteiger partial charge on any atom is -0.481 e. The van der Waals surface area contributed by atoms with Crippen molar-refractivity contribution in [3.05, 3.63) is 33.6 Å². The summed E-state index contributed by atoms with van der Waals surface area (Å²) in [7, 11) is 0. The summed E-state index contributed by atoms with van der Waals surface area (Å²) in [5.41, 5.74) is -1.79. The molecule has 3 nitrogen and oxygen atoms in total. The van der Waals surface area contributed by atoms with Crippen molar-refractivity contribution >= 4 is 29.2 Å². The Labute approximate surface area is 108 Å². The third kappa shape index (κ3) is 2.70. The Bertz CT molecular complexity index is 460. The summed E-state index contributed by atoms with van der Waals surface area (Å²) in [4.78, 5) is 10.9. The second-order valence-electron chi connectivity index (χ2n) is 3.95. The lowest BCUT2D eigenvalue weighted by Gasteiger charge is -2.29. The van der Waals surface area contributed by atoms with Crippen molar-refractivity contribution in [1.29, 1.82) is 0 Å². The fourth-order valence-corrected chi connectivity index (χ4v) is 1.96. The van der Waals surface area contributed by atoms with E-state index in [-0.39, 0.29) is 15.6 Å². The number of benzene rings is 1. The number of carboxylic acid groups (broad SMARTS) is 1. The first-order chi connectivity index (χ1) is 7.67. The Morgan fingerprint density at radius 3 is 2.41 bits per heavy atom. The Balaban J connectivity index is 3.33. The van der Waals surface area contributed by atoms with Crippen LogP contribution >= 0.6 is 23.2 Å². The molecule has 6 heteroatoms. The highest BCUT2D eigenvalue weighted by Gasteiger charge is 2.37. The second kappa shape index (κ2) is 4.80. The van der Waals surface area contributed by atoms with Gasteiger partial charge in [0.2, 0.25) is 0 Å². The molecule has 0 aliphatic rings. The Morgan fingerprint density at radius 2 is 1.94 bits per heavy atom. The number of aliphatic hydroxyl groups is 1. The lowest BCUT2D eigenvalue weighted by molar-refractivity contribution is -0.150. The van der Waals surface area contributed by atoms with Crippen molar-refractivity contribution in [3.8, 4) is 0 Å². The lowest BCUT2D eigenvalue weighted by atomic mass is 9.84. The number of rotatable bonds is 3. The summed E-state index contributed by atoms with van der Waals surface area (Å²) in [6.45, 7) is 2.57. The smallest absolute Gasteiger partial charge is 0.309 e. The predicted octanol–water partition coefficient (Wildman–Crippen LogP) is 3.06. The molecule has 1 aromatic rings. The third-order valence-corrected chi connectivity index (χ3v) is 3.37. The average molecular weight is 281 g/mol. The van der Waals surface area contributed by atoms with Crippen molar-refractivity contribution in [2.75, 3.05) is 0 Å². The Hall–Kier alpha value is -0.840. The van der Waals surface area contributed by atoms with Crippen LogP contribution in [0.2, 0.25) is 10.0 Å². The molecule has 1 rings (SSSR count). The Kier molecular flexibility index (Phi) is 4.02. The summed E-state index contributed by atoms with van der Waals surface area (Å²) in [5, 5.41) is 18.9. The van der Waals surface area contributed by atoms with Gasteiger partial charge in [0.25, 0.3) is 0 Å². The van der Waals surface area contributed by atoms with Gasteiger partial charge in [0.05, 0.1) is 10.9 Å². The molecule has 1 aromatic carbocycles. The molecule has 0 aromatic heterocycles. The van der Waals surface area contributed by atoms with Crippen LogP contribution in [-0.2, 0) is 10.4 Å². The van der Waals surface area contributed by atoms with Gasteiger partial charge in [0.1, 0.15) is 11.4 Å². The van der Waals surface area contributed by atoms with E-state index in [1.807, 2.05) is 0 Å². The molecule has 0 aliphatic carbocycles. The van der Waals surface area contributed by atoms with Crippen molar-refractivity contribution in [3.63, 3.8) is 0 Å². The molecule has 0 spiro atoms. The number of carboxylic acids is 1. The third-order valence-electron chi connectivity index (χ3n) is 2.77. The van der Waals surface area contributed by atoms with E-state index in [2.05, 4.69) is 0 Å². The van der Waals surface area contributed by atoms with E-state index in [1.54, 1.807) is 0 Å². The summed E-state index contributed by atoms with van der Waals surface area (Å²) in [6, 6.07) is 2.08. The zero-order chi connectivity index (χ0) is 13.4. The zero-order valence-electron chi connectivity index (χ0n) is 9.17. The molecule has 94 valence electrons. The largest absolute Gasteiger partial charge is 0.481 e. The van der Waals surface area contributed by atoms with Gasteiger partial charge in [0, 0.05) is 10.6 Å². The van der Waals surface area contributed by atoms with Gasteiger partial charge in [0.15, 0.2) is 0 Å². The maximum absolute atomic E-state index is 13.3. The fraction of sp³-hybridized carbons (Fsp3) is 0.364. The SMILES string of the molecule is CC(C(=O)O)C(C)(O)c1cc(F)c(Cl)cc1Cl. The standard InChI is InChI=1S/C11H11Cl2FO3/c1-5(10(15)16)11(2,17)6-3-9(14)8(13)4-7(6)12/h3-5,17H,1-2H3,(H,15,16). The number of halogens is 3. The molecular formula is C11H11Cl2FO3. The van der Waals surface area contributed by atoms with Crippen LogP contribution in [0, 0.1) is 11.7 Å². The van der Waals surface area contributed by atoms with E-state index in [4.69, 9.17) is 28.3 Å². The van der Waals surface area contributed by atoms with E-state index in [9.17, 15) is 14.3 Å². The number of hydrogen-bond donors (Lipinski definition) is 2. The summed E-state index contributed by atoms with van der Waals surface area (Å²) < 4.78 is 13.3. The minimum absolute atomic E-state index is 0.00373. The van der Waals surface area contributed by atoms with E-state index < -0.39 is 23.3 Å². The summed E-state index contributed by atoms with van der Waals surface area (Å²) in [5.74, 6) is -3.11. The number of hydrogen-bond acceptors (Lipinski definition) is 2. The maximum atomic E-state index is 13.3. The molecule has 0 amide bonds. The second-order valence-corrected chi connectivity index (χ2v) is 4.77. The minimum atomic E-state index is -1.78. The van der Waals surface area contributed by atoms with Crippen LogP contribution in [0.3, 0.4) is 0 Å². The van der Waals surface area contributed by atoms with Crippen LogP contribution in [-0.4, -0.2) is 16.2 Å². The summed E-state index contributed by atoms with van der Waals surface area (Å²) >= 11 is 11.4. The highest BCUT2D eigenvalue weighted by atomic mass is 35.5. The average Bonchev–Trinajstić information content (AvgIpc) is 2.21. The van der Waals surface area contributed by atoms with Crippen LogP contribution in [0.1, 0.15) is 19.4 Å². The van der Waals surface area contributed by atoms with Gasteiger partial charge in [-0.15, -0.1) is 0 Å². The molecule has 2 N–H and O–H groups in total.